The summed E-state index contributed by atoms with van der Waals surface area (Å²) in [6, 6.07) is 9.66. The van der Waals surface area contributed by atoms with Gasteiger partial charge in [-0.15, -0.1) is 0 Å². The minimum Gasteiger partial charge on any atom is -0.495 e. The summed E-state index contributed by atoms with van der Waals surface area (Å²) in [5.41, 5.74) is 1.37. The predicted octanol–water partition coefficient (Wildman–Crippen LogP) is 4.07. The molecule has 0 aliphatic rings. The van der Waals surface area contributed by atoms with Gasteiger partial charge in [0.15, 0.2) is 0 Å². The number of aryl methyl sites for hydroxylation is 2. The topological polar surface area (TPSA) is 94.3 Å². The van der Waals surface area contributed by atoms with Crippen molar-refractivity contribution in [1.29, 1.82) is 0 Å². The molecular weight excluding hydrogens is 390 g/mol. The standard InChI is InChI=1S/C18H18ClN3O4S/c1-4-17-20-18(21-26-17)12-6-5-11(2)16(9-12)27(23,24)22-14-10-13(19)7-8-15(14)25-3/h5-10,22H,4H2,1-3H3. The molecule has 3 aromatic rings. The van der Waals surface area contributed by atoms with E-state index in [1.54, 1.807) is 31.2 Å². The van der Waals surface area contributed by atoms with Gasteiger partial charge in [-0.05, 0) is 36.8 Å². The van der Waals surface area contributed by atoms with Crippen molar-refractivity contribution in [3.63, 3.8) is 0 Å². The Labute approximate surface area is 162 Å². The third-order valence-corrected chi connectivity index (χ3v) is 5.65. The number of nitrogens with zero attached hydrogens (tertiary/aromatic N) is 2. The van der Waals surface area contributed by atoms with Gasteiger partial charge >= 0.3 is 0 Å². The SMILES string of the molecule is CCc1nc(-c2ccc(C)c(S(=O)(=O)Nc3cc(Cl)ccc3OC)c2)no1. The zero-order valence-electron chi connectivity index (χ0n) is 15.0. The first-order valence-corrected chi connectivity index (χ1v) is 10.00. The lowest BCUT2D eigenvalue weighted by molar-refractivity contribution is 0.383. The molecule has 1 N–H and O–H groups in total. The van der Waals surface area contributed by atoms with E-state index >= 15 is 0 Å². The van der Waals surface area contributed by atoms with E-state index in [9.17, 15) is 8.42 Å². The lowest BCUT2D eigenvalue weighted by Gasteiger charge is -2.14. The molecule has 0 unspecified atom stereocenters. The van der Waals surface area contributed by atoms with Crippen LogP contribution in [0.15, 0.2) is 45.8 Å². The Hall–Kier alpha value is -2.58. The molecule has 0 atom stereocenters. The third-order valence-electron chi connectivity index (χ3n) is 3.91. The van der Waals surface area contributed by atoms with E-state index in [1.165, 1.54) is 19.2 Å². The van der Waals surface area contributed by atoms with Gasteiger partial charge in [0.05, 0.1) is 17.7 Å². The fourth-order valence-electron chi connectivity index (χ4n) is 2.50. The first-order chi connectivity index (χ1) is 12.8. The molecule has 0 spiro atoms. The van der Waals surface area contributed by atoms with Gasteiger partial charge in [0.2, 0.25) is 11.7 Å². The fraction of sp³-hybridized carbons (Fsp3) is 0.222. The highest BCUT2D eigenvalue weighted by atomic mass is 35.5. The summed E-state index contributed by atoms with van der Waals surface area (Å²) in [5.74, 6) is 1.18. The van der Waals surface area contributed by atoms with Gasteiger partial charge < -0.3 is 9.26 Å². The van der Waals surface area contributed by atoms with Crippen molar-refractivity contribution in [3.8, 4) is 17.1 Å². The van der Waals surface area contributed by atoms with Crippen molar-refractivity contribution in [3.05, 3.63) is 52.9 Å². The Balaban J connectivity index is 2.01. The number of hydrogen-bond acceptors (Lipinski definition) is 6. The smallest absolute Gasteiger partial charge is 0.262 e. The molecular formula is C18H18ClN3O4S. The van der Waals surface area contributed by atoms with Crippen LogP contribution >= 0.6 is 11.6 Å². The average Bonchev–Trinajstić information content (AvgIpc) is 3.11. The molecule has 1 aromatic heterocycles. The molecule has 0 radical (unpaired) electrons. The molecule has 0 saturated carbocycles. The molecule has 7 nitrogen and oxygen atoms in total. The number of sulfonamides is 1. The zero-order chi connectivity index (χ0) is 19.6. The van der Waals surface area contributed by atoms with Gasteiger partial charge in [-0.1, -0.05) is 35.8 Å². The van der Waals surface area contributed by atoms with E-state index < -0.39 is 10.0 Å². The summed E-state index contributed by atoms with van der Waals surface area (Å²) < 4.78 is 38.8. The number of halogens is 1. The Bertz CT molecular complexity index is 1080. The van der Waals surface area contributed by atoms with Gasteiger partial charge in [0.1, 0.15) is 5.75 Å². The number of rotatable bonds is 6. The normalized spacial score (nSPS) is 11.4. The maximum atomic E-state index is 13.0. The van der Waals surface area contributed by atoms with E-state index in [1.807, 2.05) is 6.92 Å². The predicted molar refractivity (Wildman–Crippen MR) is 103 cm³/mol. The summed E-state index contributed by atoms with van der Waals surface area (Å²) in [4.78, 5) is 4.35. The van der Waals surface area contributed by atoms with E-state index in [0.29, 0.717) is 40.0 Å². The highest BCUT2D eigenvalue weighted by Gasteiger charge is 2.21. The molecule has 0 amide bonds. The Kier molecular flexibility index (Phi) is 5.38. The maximum absolute atomic E-state index is 13.0. The van der Waals surface area contributed by atoms with Gasteiger partial charge in [-0.2, -0.15) is 4.98 Å². The lowest BCUT2D eigenvalue weighted by Crippen LogP contribution is -2.15. The molecule has 142 valence electrons. The number of aromatic nitrogens is 2. The van der Waals surface area contributed by atoms with Crippen LogP contribution in [0.3, 0.4) is 0 Å². The number of ether oxygens (including phenoxy) is 1. The van der Waals surface area contributed by atoms with Crippen LogP contribution < -0.4 is 9.46 Å². The Morgan fingerprint density at radius 2 is 2.00 bits per heavy atom. The van der Waals surface area contributed by atoms with Crippen LogP contribution in [-0.2, 0) is 16.4 Å². The van der Waals surface area contributed by atoms with Crippen molar-refractivity contribution >= 4 is 27.3 Å². The first kappa shape index (κ1) is 19.2. The highest BCUT2D eigenvalue weighted by molar-refractivity contribution is 7.92. The van der Waals surface area contributed by atoms with Crippen molar-refractivity contribution in [2.45, 2.75) is 25.2 Å². The highest BCUT2D eigenvalue weighted by Crippen LogP contribution is 2.31. The van der Waals surface area contributed by atoms with Gasteiger partial charge in [0, 0.05) is 17.0 Å². The number of anilines is 1. The lowest BCUT2D eigenvalue weighted by atomic mass is 10.1. The average molecular weight is 408 g/mol. The first-order valence-electron chi connectivity index (χ1n) is 8.14. The minimum atomic E-state index is -3.90. The van der Waals surface area contributed by atoms with E-state index in [2.05, 4.69) is 14.9 Å². The number of hydrogen-bond donors (Lipinski definition) is 1. The quantitative estimate of drug-likeness (QED) is 0.661. The second-order valence-electron chi connectivity index (χ2n) is 5.80. The van der Waals surface area contributed by atoms with Gasteiger partial charge in [-0.3, -0.25) is 4.72 Å². The van der Waals surface area contributed by atoms with Crippen LogP contribution in [0.5, 0.6) is 5.75 Å². The number of methoxy groups -OCH3 is 1. The van der Waals surface area contributed by atoms with Crippen LogP contribution in [-0.4, -0.2) is 25.7 Å². The summed E-state index contributed by atoms with van der Waals surface area (Å²) in [6.07, 6.45) is 0.597. The van der Waals surface area contributed by atoms with E-state index in [-0.39, 0.29) is 10.6 Å². The van der Waals surface area contributed by atoms with Crippen LogP contribution in [0.25, 0.3) is 11.4 Å². The van der Waals surface area contributed by atoms with E-state index in [0.717, 1.165) is 0 Å². The largest absolute Gasteiger partial charge is 0.495 e. The van der Waals surface area contributed by atoms with Crippen molar-refractivity contribution < 1.29 is 17.7 Å². The van der Waals surface area contributed by atoms with Crippen LogP contribution in [0.2, 0.25) is 5.02 Å². The molecule has 0 aliphatic heterocycles. The molecule has 2 aromatic carbocycles. The Morgan fingerprint density at radius 1 is 1.22 bits per heavy atom. The van der Waals surface area contributed by atoms with Crippen molar-refractivity contribution in [1.82, 2.24) is 10.1 Å². The second kappa shape index (κ2) is 7.58. The summed E-state index contributed by atoms with van der Waals surface area (Å²) >= 11 is 5.98. The summed E-state index contributed by atoms with van der Waals surface area (Å²) in [6.45, 7) is 3.60. The van der Waals surface area contributed by atoms with Crippen LogP contribution in [0, 0.1) is 6.92 Å². The number of nitrogens with one attached hydrogen (secondary N) is 1. The fourth-order valence-corrected chi connectivity index (χ4v) is 4.01. The van der Waals surface area contributed by atoms with Crippen LogP contribution in [0.1, 0.15) is 18.4 Å². The third kappa shape index (κ3) is 4.06. The maximum Gasteiger partial charge on any atom is 0.262 e. The zero-order valence-corrected chi connectivity index (χ0v) is 16.6. The van der Waals surface area contributed by atoms with Crippen molar-refractivity contribution in [2.75, 3.05) is 11.8 Å². The molecule has 0 fully saturated rings. The van der Waals surface area contributed by atoms with Gasteiger partial charge in [-0.25, -0.2) is 8.42 Å². The minimum absolute atomic E-state index is 0.102. The van der Waals surface area contributed by atoms with Crippen molar-refractivity contribution in [2.24, 2.45) is 0 Å². The molecule has 0 aliphatic carbocycles. The molecule has 9 heteroatoms. The monoisotopic (exact) mass is 407 g/mol. The Morgan fingerprint density at radius 3 is 2.67 bits per heavy atom. The molecule has 1 heterocycles. The second-order valence-corrected chi connectivity index (χ2v) is 7.88. The van der Waals surface area contributed by atoms with E-state index in [4.69, 9.17) is 20.9 Å². The summed E-state index contributed by atoms with van der Waals surface area (Å²) in [5, 5.41) is 4.28. The molecule has 0 bridgehead atoms. The van der Waals surface area contributed by atoms with Crippen LogP contribution in [0.4, 0.5) is 5.69 Å². The molecule has 3 rings (SSSR count). The molecule has 0 saturated heterocycles. The summed E-state index contributed by atoms with van der Waals surface area (Å²) in [7, 11) is -2.44. The van der Waals surface area contributed by atoms with Gasteiger partial charge in [0.25, 0.3) is 10.0 Å². The molecule has 27 heavy (non-hydrogen) atoms. The number of benzene rings is 2.